The third-order valence-corrected chi connectivity index (χ3v) is 3.87. The van der Waals surface area contributed by atoms with Crippen molar-refractivity contribution in [2.45, 2.75) is 13.2 Å². The molecule has 0 aliphatic heterocycles. The SMILES string of the molecule is CN=C(NCCNC(=O)c1ccccc1)N(C)Cc1ccc(OC(F)F)cc1. The molecule has 0 saturated heterocycles. The number of nitrogens with zero attached hydrogens (tertiary/aromatic N) is 2. The third-order valence-electron chi connectivity index (χ3n) is 3.87. The number of hydrogen-bond acceptors (Lipinski definition) is 3. The van der Waals surface area contributed by atoms with E-state index in [1.165, 1.54) is 12.1 Å². The number of carbonyl (C=O) groups is 1. The van der Waals surface area contributed by atoms with Crippen molar-refractivity contribution in [2.75, 3.05) is 27.2 Å². The van der Waals surface area contributed by atoms with Crippen LogP contribution in [0.1, 0.15) is 15.9 Å². The zero-order valence-corrected chi connectivity index (χ0v) is 15.9. The van der Waals surface area contributed by atoms with Crippen molar-refractivity contribution in [3.63, 3.8) is 0 Å². The number of aliphatic imine (C=N–C) groups is 1. The third kappa shape index (κ3) is 6.86. The Hall–Kier alpha value is -3.16. The van der Waals surface area contributed by atoms with Crippen LogP contribution in [0, 0.1) is 0 Å². The lowest BCUT2D eigenvalue weighted by molar-refractivity contribution is -0.0498. The molecule has 0 aliphatic rings. The van der Waals surface area contributed by atoms with Crippen molar-refractivity contribution >= 4 is 11.9 Å². The molecule has 1 amide bonds. The fraction of sp³-hybridized carbons (Fsp3) is 0.300. The van der Waals surface area contributed by atoms with Crippen molar-refractivity contribution in [2.24, 2.45) is 4.99 Å². The molecule has 0 unspecified atom stereocenters. The van der Waals surface area contributed by atoms with E-state index in [4.69, 9.17) is 0 Å². The highest BCUT2D eigenvalue weighted by Gasteiger charge is 2.09. The van der Waals surface area contributed by atoms with Crippen LogP contribution in [0.3, 0.4) is 0 Å². The second-order valence-electron chi connectivity index (χ2n) is 5.97. The van der Waals surface area contributed by atoms with Gasteiger partial charge in [-0.05, 0) is 29.8 Å². The molecule has 2 rings (SSSR count). The number of hydrogen-bond donors (Lipinski definition) is 2. The smallest absolute Gasteiger partial charge is 0.387 e. The molecule has 0 atom stereocenters. The highest BCUT2D eigenvalue weighted by Crippen LogP contribution is 2.15. The van der Waals surface area contributed by atoms with Gasteiger partial charge in [0.05, 0.1) is 0 Å². The lowest BCUT2D eigenvalue weighted by Gasteiger charge is -2.22. The van der Waals surface area contributed by atoms with Crippen LogP contribution < -0.4 is 15.4 Å². The van der Waals surface area contributed by atoms with Gasteiger partial charge in [-0.15, -0.1) is 0 Å². The number of rotatable bonds is 8. The summed E-state index contributed by atoms with van der Waals surface area (Å²) in [4.78, 5) is 18.1. The van der Waals surface area contributed by atoms with Crippen LogP contribution in [-0.4, -0.2) is 50.6 Å². The summed E-state index contributed by atoms with van der Waals surface area (Å²) in [7, 11) is 3.53. The van der Waals surface area contributed by atoms with Gasteiger partial charge in [-0.3, -0.25) is 9.79 Å². The molecule has 0 heterocycles. The highest BCUT2D eigenvalue weighted by molar-refractivity contribution is 5.94. The van der Waals surface area contributed by atoms with Crippen molar-refractivity contribution in [3.05, 3.63) is 65.7 Å². The Morgan fingerprint density at radius 1 is 1.07 bits per heavy atom. The molecule has 0 bridgehead atoms. The maximum atomic E-state index is 12.2. The summed E-state index contributed by atoms with van der Waals surface area (Å²) in [6.07, 6.45) is 0. The van der Waals surface area contributed by atoms with Gasteiger partial charge in [0.1, 0.15) is 5.75 Å². The molecule has 6 nitrogen and oxygen atoms in total. The van der Waals surface area contributed by atoms with Gasteiger partial charge in [-0.1, -0.05) is 30.3 Å². The average Bonchev–Trinajstić information content (AvgIpc) is 2.69. The van der Waals surface area contributed by atoms with Crippen molar-refractivity contribution in [3.8, 4) is 5.75 Å². The Kier molecular flexibility index (Phi) is 8.20. The van der Waals surface area contributed by atoms with E-state index in [0.717, 1.165) is 5.56 Å². The van der Waals surface area contributed by atoms with E-state index >= 15 is 0 Å². The molecule has 28 heavy (non-hydrogen) atoms. The molecule has 0 spiro atoms. The first-order valence-corrected chi connectivity index (χ1v) is 8.78. The Balaban J connectivity index is 1.77. The van der Waals surface area contributed by atoms with E-state index in [9.17, 15) is 13.6 Å². The number of carbonyl (C=O) groups excluding carboxylic acids is 1. The summed E-state index contributed by atoms with van der Waals surface area (Å²) >= 11 is 0. The van der Waals surface area contributed by atoms with Gasteiger partial charge in [0.2, 0.25) is 0 Å². The predicted octanol–water partition coefficient (Wildman–Crippen LogP) is 2.73. The van der Waals surface area contributed by atoms with E-state index in [-0.39, 0.29) is 11.7 Å². The van der Waals surface area contributed by atoms with Gasteiger partial charge in [0, 0.05) is 39.3 Å². The molecule has 150 valence electrons. The minimum Gasteiger partial charge on any atom is -0.435 e. The quantitative estimate of drug-likeness (QED) is 0.413. The molecule has 2 N–H and O–H groups in total. The monoisotopic (exact) mass is 390 g/mol. The maximum absolute atomic E-state index is 12.2. The van der Waals surface area contributed by atoms with Gasteiger partial charge in [0.25, 0.3) is 5.91 Å². The van der Waals surface area contributed by atoms with E-state index in [0.29, 0.717) is 31.2 Å². The fourth-order valence-electron chi connectivity index (χ4n) is 2.55. The minimum absolute atomic E-state index is 0.123. The van der Waals surface area contributed by atoms with Gasteiger partial charge < -0.3 is 20.3 Å². The van der Waals surface area contributed by atoms with Crippen LogP contribution in [0.15, 0.2) is 59.6 Å². The van der Waals surface area contributed by atoms with Crippen LogP contribution in [0.4, 0.5) is 8.78 Å². The van der Waals surface area contributed by atoms with Crippen LogP contribution >= 0.6 is 0 Å². The molecule has 0 fully saturated rings. The van der Waals surface area contributed by atoms with Crippen molar-refractivity contribution in [1.82, 2.24) is 15.5 Å². The van der Waals surface area contributed by atoms with Gasteiger partial charge in [0.15, 0.2) is 5.96 Å². The largest absolute Gasteiger partial charge is 0.435 e. The Labute approximate surface area is 163 Å². The Bertz CT molecular complexity index is 768. The first-order valence-electron chi connectivity index (χ1n) is 8.78. The fourth-order valence-corrected chi connectivity index (χ4v) is 2.55. The predicted molar refractivity (Wildman–Crippen MR) is 105 cm³/mol. The van der Waals surface area contributed by atoms with Crippen LogP contribution in [-0.2, 0) is 6.54 Å². The number of alkyl halides is 2. The molecular formula is C20H24F2N4O2. The molecule has 2 aromatic carbocycles. The van der Waals surface area contributed by atoms with Crippen LogP contribution in [0.2, 0.25) is 0 Å². The van der Waals surface area contributed by atoms with Crippen LogP contribution in [0.5, 0.6) is 5.75 Å². The molecule has 2 aromatic rings. The number of benzene rings is 2. The lowest BCUT2D eigenvalue weighted by atomic mass is 10.2. The number of ether oxygens (including phenoxy) is 1. The normalized spacial score (nSPS) is 11.2. The van der Waals surface area contributed by atoms with Gasteiger partial charge >= 0.3 is 6.61 Å². The summed E-state index contributed by atoms with van der Waals surface area (Å²) in [6.45, 7) is -1.35. The molecule has 0 aromatic heterocycles. The summed E-state index contributed by atoms with van der Waals surface area (Å²) in [5.41, 5.74) is 1.53. The summed E-state index contributed by atoms with van der Waals surface area (Å²) < 4.78 is 28.7. The summed E-state index contributed by atoms with van der Waals surface area (Å²) in [5, 5.41) is 6.01. The summed E-state index contributed by atoms with van der Waals surface area (Å²) in [5.74, 6) is 0.650. The van der Waals surface area contributed by atoms with E-state index in [1.54, 1.807) is 31.3 Å². The van der Waals surface area contributed by atoms with Crippen molar-refractivity contribution < 1.29 is 18.3 Å². The second-order valence-corrected chi connectivity index (χ2v) is 5.97. The first kappa shape index (κ1) is 21.1. The maximum Gasteiger partial charge on any atom is 0.387 e. The van der Waals surface area contributed by atoms with E-state index < -0.39 is 6.61 Å². The standard InChI is InChI=1S/C20H24F2N4O2/c1-23-20(25-13-12-24-18(27)16-6-4-3-5-7-16)26(2)14-15-8-10-17(11-9-15)28-19(21)22/h3-11,19H,12-14H2,1-2H3,(H,23,25)(H,24,27). The number of amides is 1. The summed E-state index contributed by atoms with van der Waals surface area (Å²) in [6, 6.07) is 15.5. The Morgan fingerprint density at radius 2 is 1.71 bits per heavy atom. The van der Waals surface area contributed by atoms with E-state index in [2.05, 4.69) is 20.4 Å². The highest BCUT2D eigenvalue weighted by atomic mass is 19.3. The number of nitrogens with one attached hydrogen (secondary N) is 2. The molecule has 8 heteroatoms. The first-order chi connectivity index (χ1) is 13.5. The van der Waals surface area contributed by atoms with Gasteiger partial charge in [-0.2, -0.15) is 8.78 Å². The van der Waals surface area contributed by atoms with E-state index in [1.807, 2.05) is 30.1 Å². The Morgan fingerprint density at radius 3 is 2.32 bits per heavy atom. The zero-order chi connectivity index (χ0) is 20.4. The van der Waals surface area contributed by atoms with Crippen molar-refractivity contribution in [1.29, 1.82) is 0 Å². The van der Waals surface area contributed by atoms with Crippen LogP contribution in [0.25, 0.3) is 0 Å². The van der Waals surface area contributed by atoms with Gasteiger partial charge in [-0.25, -0.2) is 0 Å². The molecule has 0 radical (unpaired) electrons. The lowest BCUT2D eigenvalue weighted by Crippen LogP contribution is -2.42. The number of halogens is 2. The second kappa shape index (κ2) is 10.9. The number of guanidine groups is 1. The zero-order valence-electron chi connectivity index (χ0n) is 15.9. The topological polar surface area (TPSA) is 66.0 Å². The minimum atomic E-state index is -2.83. The molecule has 0 saturated carbocycles. The molecular weight excluding hydrogens is 366 g/mol. The average molecular weight is 390 g/mol. The molecule has 0 aliphatic carbocycles.